The van der Waals surface area contributed by atoms with Crippen LogP contribution in [0, 0.1) is 5.92 Å². The van der Waals surface area contributed by atoms with Crippen LogP contribution in [0.4, 0.5) is 5.13 Å². The van der Waals surface area contributed by atoms with Crippen LogP contribution in [0.2, 0.25) is 0 Å². The molecule has 1 aliphatic heterocycles. The lowest BCUT2D eigenvalue weighted by atomic mass is 9.98. The quantitative estimate of drug-likeness (QED) is 0.947. The van der Waals surface area contributed by atoms with E-state index in [1.165, 1.54) is 10.3 Å². The summed E-state index contributed by atoms with van der Waals surface area (Å²) in [6.45, 7) is 6.04. The normalized spacial score (nSPS) is 19.4. The summed E-state index contributed by atoms with van der Waals surface area (Å²) < 4.78 is 1.22. The van der Waals surface area contributed by atoms with E-state index in [0.29, 0.717) is 12.5 Å². The van der Waals surface area contributed by atoms with E-state index >= 15 is 0 Å². The summed E-state index contributed by atoms with van der Waals surface area (Å²) in [5, 5.41) is 1.02. The van der Waals surface area contributed by atoms with Crippen LogP contribution in [-0.4, -0.2) is 24.0 Å². The molecule has 2 heterocycles. The highest BCUT2D eigenvalue weighted by Crippen LogP contribution is 2.34. The molecule has 1 aromatic carbocycles. The molecule has 0 spiro atoms. The van der Waals surface area contributed by atoms with Gasteiger partial charge < -0.3 is 10.6 Å². The molecule has 0 saturated carbocycles. The number of benzene rings is 1. The number of primary amides is 1. The monoisotopic (exact) mass is 303 g/mol. The lowest BCUT2D eigenvalue weighted by Crippen LogP contribution is -2.41. The van der Waals surface area contributed by atoms with Gasteiger partial charge in [-0.25, -0.2) is 4.98 Å². The Morgan fingerprint density at radius 3 is 3.00 bits per heavy atom. The van der Waals surface area contributed by atoms with E-state index in [1.54, 1.807) is 11.3 Å². The number of carbonyl (C=O) groups is 1. The molecule has 0 radical (unpaired) electrons. The SMILES string of the molecule is CC(C)c1cccc2sc(N3CCCC(C(N)=O)C3)nc12. The number of nitrogens with two attached hydrogens (primary N) is 1. The van der Waals surface area contributed by atoms with Crippen LogP contribution in [-0.2, 0) is 4.79 Å². The fourth-order valence-corrected chi connectivity index (χ4v) is 3.98. The van der Waals surface area contributed by atoms with Gasteiger partial charge >= 0.3 is 0 Å². The summed E-state index contributed by atoms with van der Waals surface area (Å²) in [7, 11) is 0. The van der Waals surface area contributed by atoms with Gasteiger partial charge in [0.25, 0.3) is 0 Å². The van der Waals surface area contributed by atoms with Crippen LogP contribution >= 0.6 is 11.3 Å². The second-order valence-electron chi connectivity index (χ2n) is 6.03. The summed E-state index contributed by atoms with van der Waals surface area (Å²) in [5.41, 5.74) is 7.86. The van der Waals surface area contributed by atoms with E-state index in [1.807, 2.05) is 0 Å². The summed E-state index contributed by atoms with van der Waals surface area (Å²) in [6.07, 6.45) is 1.90. The molecule has 2 N–H and O–H groups in total. The van der Waals surface area contributed by atoms with Gasteiger partial charge in [-0.05, 0) is 30.4 Å². The Morgan fingerprint density at radius 1 is 1.48 bits per heavy atom. The molecule has 1 atom stereocenters. The van der Waals surface area contributed by atoms with E-state index in [0.717, 1.165) is 30.0 Å². The number of hydrogen-bond donors (Lipinski definition) is 1. The number of rotatable bonds is 3. The van der Waals surface area contributed by atoms with Crippen molar-refractivity contribution in [2.45, 2.75) is 32.6 Å². The molecule has 0 bridgehead atoms. The van der Waals surface area contributed by atoms with Crippen LogP contribution in [0.15, 0.2) is 18.2 Å². The number of para-hydroxylation sites is 1. The summed E-state index contributed by atoms with van der Waals surface area (Å²) in [4.78, 5) is 18.5. The van der Waals surface area contributed by atoms with Gasteiger partial charge in [-0.3, -0.25) is 4.79 Å². The predicted octanol–water partition coefficient (Wildman–Crippen LogP) is 3.12. The van der Waals surface area contributed by atoms with E-state index < -0.39 is 0 Å². The lowest BCUT2D eigenvalue weighted by Gasteiger charge is -2.30. The minimum absolute atomic E-state index is 0.0460. The van der Waals surface area contributed by atoms with Crippen molar-refractivity contribution in [3.8, 4) is 0 Å². The molecular weight excluding hydrogens is 282 g/mol. The van der Waals surface area contributed by atoms with Crippen molar-refractivity contribution < 1.29 is 4.79 Å². The Hall–Kier alpha value is -1.62. The van der Waals surface area contributed by atoms with Crippen molar-refractivity contribution in [1.29, 1.82) is 0 Å². The zero-order valence-corrected chi connectivity index (χ0v) is 13.3. The molecule has 112 valence electrons. The van der Waals surface area contributed by atoms with Crippen LogP contribution in [0.25, 0.3) is 10.2 Å². The largest absolute Gasteiger partial charge is 0.369 e. The average Bonchev–Trinajstić information content (AvgIpc) is 2.91. The molecule has 1 saturated heterocycles. The molecule has 1 amide bonds. The number of thiazole rings is 1. The van der Waals surface area contributed by atoms with Gasteiger partial charge in [0.15, 0.2) is 5.13 Å². The highest BCUT2D eigenvalue weighted by Gasteiger charge is 2.26. The number of nitrogens with zero attached hydrogens (tertiary/aromatic N) is 2. The standard InChI is InChI=1S/C16H21N3OS/c1-10(2)12-6-3-7-13-14(12)18-16(21-13)19-8-4-5-11(9-19)15(17)20/h3,6-7,10-11H,4-5,8-9H2,1-2H3,(H2,17,20). The number of hydrogen-bond acceptors (Lipinski definition) is 4. The summed E-state index contributed by atoms with van der Waals surface area (Å²) in [6, 6.07) is 6.37. The fraction of sp³-hybridized carbons (Fsp3) is 0.500. The zero-order valence-electron chi connectivity index (χ0n) is 12.5. The van der Waals surface area contributed by atoms with Gasteiger partial charge in [-0.1, -0.05) is 37.3 Å². The fourth-order valence-electron chi connectivity index (χ4n) is 2.94. The predicted molar refractivity (Wildman–Crippen MR) is 87.8 cm³/mol. The molecule has 3 rings (SSSR count). The lowest BCUT2D eigenvalue weighted by molar-refractivity contribution is -0.122. The van der Waals surface area contributed by atoms with Crippen molar-refractivity contribution in [3.05, 3.63) is 23.8 Å². The Labute approximate surface area is 129 Å². The maximum absolute atomic E-state index is 11.4. The molecule has 1 aromatic heterocycles. The minimum atomic E-state index is -0.191. The van der Waals surface area contributed by atoms with Crippen LogP contribution in [0.1, 0.15) is 38.2 Å². The summed E-state index contributed by atoms with van der Waals surface area (Å²) in [5.74, 6) is 0.224. The molecule has 2 aromatic rings. The Kier molecular flexibility index (Phi) is 3.85. The Morgan fingerprint density at radius 2 is 2.29 bits per heavy atom. The van der Waals surface area contributed by atoms with Gasteiger partial charge in [0.05, 0.1) is 16.1 Å². The third kappa shape index (κ3) is 2.75. The molecule has 1 unspecified atom stereocenters. The van der Waals surface area contributed by atoms with E-state index in [2.05, 4.69) is 36.9 Å². The molecule has 1 fully saturated rings. The molecule has 0 aliphatic carbocycles. The third-order valence-electron chi connectivity index (χ3n) is 4.16. The van der Waals surface area contributed by atoms with Crippen molar-refractivity contribution in [2.75, 3.05) is 18.0 Å². The first-order chi connectivity index (χ1) is 10.1. The van der Waals surface area contributed by atoms with E-state index in [4.69, 9.17) is 10.7 Å². The van der Waals surface area contributed by atoms with Crippen molar-refractivity contribution in [1.82, 2.24) is 4.98 Å². The van der Waals surface area contributed by atoms with Gasteiger partial charge in [0.1, 0.15) is 0 Å². The average molecular weight is 303 g/mol. The van der Waals surface area contributed by atoms with Gasteiger partial charge in [-0.15, -0.1) is 0 Å². The minimum Gasteiger partial charge on any atom is -0.369 e. The highest BCUT2D eigenvalue weighted by atomic mass is 32.1. The van der Waals surface area contributed by atoms with Crippen LogP contribution < -0.4 is 10.6 Å². The summed E-state index contributed by atoms with van der Waals surface area (Å²) >= 11 is 1.71. The third-order valence-corrected chi connectivity index (χ3v) is 5.24. The topological polar surface area (TPSA) is 59.2 Å². The van der Waals surface area contributed by atoms with Crippen LogP contribution in [0.5, 0.6) is 0 Å². The first-order valence-corrected chi connectivity index (χ1v) is 8.31. The molecule has 21 heavy (non-hydrogen) atoms. The smallest absolute Gasteiger partial charge is 0.222 e. The molecule has 1 aliphatic rings. The first-order valence-electron chi connectivity index (χ1n) is 7.50. The number of piperidine rings is 1. The van der Waals surface area contributed by atoms with Crippen molar-refractivity contribution >= 4 is 32.6 Å². The van der Waals surface area contributed by atoms with Crippen molar-refractivity contribution in [3.63, 3.8) is 0 Å². The molecular formula is C16H21N3OS. The van der Waals surface area contributed by atoms with Gasteiger partial charge in [-0.2, -0.15) is 0 Å². The van der Waals surface area contributed by atoms with Crippen LogP contribution in [0.3, 0.4) is 0 Å². The maximum Gasteiger partial charge on any atom is 0.222 e. The molecule has 5 heteroatoms. The number of aromatic nitrogens is 1. The second kappa shape index (κ2) is 5.64. The Balaban J connectivity index is 1.94. The van der Waals surface area contributed by atoms with Gasteiger partial charge in [0, 0.05) is 13.1 Å². The highest BCUT2D eigenvalue weighted by molar-refractivity contribution is 7.22. The maximum atomic E-state index is 11.4. The Bertz CT molecular complexity index is 665. The molecule has 4 nitrogen and oxygen atoms in total. The number of carbonyl (C=O) groups excluding carboxylic acids is 1. The number of anilines is 1. The number of fused-ring (bicyclic) bond motifs is 1. The zero-order chi connectivity index (χ0) is 15.0. The van der Waals surface area contributed by atoms with E-state index in [-0.39, 0.29) is 11.8 Å². The second-order valence-corrected chi connectivity index (χ2v) is 7.04. The van der Waals surface area contributed by atoms with E-state index in [9.17, 15) is 4.79 Å². The van der Waals surface area contributed by atoms with Gasteiger partial charge in [0.2, 0.25) is 5.91 Å². The first kappa shape index (κ1) is 14.3. The van der Waals surface area contributed by atoms with Crippen molar-refractivity contribution in [2.24, 2.45) is 11.7 Å². The number of amides is 1.